The standard InChI is InChI=1S/C17H13N4O2/c1-19-17-16(12-5-3-2-4-6-12)15-9-14(21(22)23)8-7-13(15)10-20(17)11-18-19/h2-11H,1H3/q+1. The van der Waals surface area contributed by atoms with E-state index in [0.29, 0.717) is 0 Å². The van der Waals surface area contributed by atoms with Crippen LogP contribution in [0.15, 0.2) is 61.1 Å². The summed E-state index contributed by atoms with van der Waals surface area (Å²) in [5, 5.41) is 17.2. The molecule has 6 heteroatoms. The lowest BCUT2D eigenvalue weighted by atomic mass is 9.99. The molecular formula is C17H13N4O2+. The van der Waals surface area contributed by atoms with Crippen molar-refractivity contribution >= 4 is 22.1 Å². The van der Waals surface area contributed by atoms with Gasteiger partial charge in [0.1, 0.15) is 0 Å². The van der Waals surface area contributed by atoms with Gasteiger partial charge in [0.25, 0.3) is 17.7 Å². The number of aromatic nitrogens is 3. The van der Waals surface area contributed by atoms with Crippen LogP contribution in [-0.4, -0.2) is 14.7 Å². The number of non-ortho nitro benzene ring substituents is 1. The zero-order valence-electron chi connectivity index (χ0n) is 12.4. The fraction of sp³-hybridized carbons (Fsp3) is 0.0588. The Morgan fingerprint density at radius 2 is 1.96 bits per heavy atom. The summed E-state index contributed by atoms with van der Waals surface area (Å²) in [5.41, 5.74) is 2.91. The number of nitrogens with zero attached hydrogens (tertiary/aromatic N) is 4. The van der Waals surface area contributed by atoms with Crippen LogP contribution in [0, 0.1) is 10.1 Å². The molecule has 2 heterocycles. The monoisotopic (exact) mass is 305 g/mol. The molecule has 2 aromatic carbocycles. The summed E-state index contributed by atoms with van der Waals surface area (Å²) in [7, 11) is 1.87. The summed E-state index contributed by atoms with van der Waals surface area (Å²) in [4.78, 5) is 10.8. The minimum atomic E-state index is -0.366. The van der Waals surface area contributed by atoms with Crippen LogP contribution in [0.1, 0.15) is 0 Å². The van der Waals surface area contributed by atoms with Gasteiger partial charge in [0, 0.05) is 28.0 Å². The molecule has 0 saturated heterocycles. The Kier molecular flexibility index (Phi) is 2.84. The Labute approximate surface area is 131 Å². The van der Waals surface area contributed by atoms with Gasteiger partial charge < -0.3 is 0 Å². The van der Waals surface area contributed by atoms with Crippen LogP contribution >= 0.6 is 0 Å². The quantitative estimate of drug-likeness (QED) is 0.325. The van der Waals surface area contributed by atoms with E-state index in [9.17, 15) is 10.1 Å². The first-order valence-electron chi connectivity index (χ1n) is 7.15. The molecule has 23 heavy (non-hydrogen) atoms. The average molecular weight is 305 g/mol. The fourth-order valence-corrected chi connectivity index (χ4v) is 2.94. The van der Waals surface area contributed by atoms with Gasteiger partial charge in [-0.3, -0.25) is 10.1 Å². The Morgan fingerprint density at radius 1 is 1.17 bits per heavy atom. The third-order valence-electron chi connectivity index (χ3n) is 3.98. The van der Waals surface area contributed by atoms with Gasteiger partial charge in [-0.2, -0.15) is 0 Å². The van der Waals surface area contributed by atoms with Gasteiger partial charge in [-0.05, 0) is 11.6 Å². The lowest BCUT2D eigenvalue weighted by Crippen LogP contribution is -2.20. The predicted molar refractivity (Wildman–Crippen MR) is 86.0 cm³/mol. The number of hydrogen-bond acceptors (Lipinski definition) is 3. The maximum Gasteiger partial charge on any atom is 0.272 e. The van der Waals surface area contributed by atoms with E-state index in [1.165, 1.54) is 6.07 Å². The number of benzene rings is 2. The summed E-state index contributed by atoms with van der Waals surface area (Å²) < 4.78 is 3.72. The van der Waals surface area contributed by atoms with Gasteiger partial charge in [0.2, 0.25) is 0 Å². The van der Waals surface area contributed by atoms with Crippen LogP contribution in [-0.2, 0) is 7.05 Å². The second-order valence-corrected chi connectivity index (χ2v) is 5.38. The molecule has 2 aromatic heterocycles. The first-order valence-corrected chi connectivity index (χ1v) is 7.15. The molecule has 0 saturated carbocycles. The minimum absolute atomic E-state index is 0.0844. The zero-order chi connectivity index (χ0) is 16.0. The second-order valence-electron chi connectivity index (χ2n) is 5.38. The lowest BCUT2D eigenvalue weighted by Gasteiger charge is -2.07. The summed E-state index contributed by atoms with van der Waals surface area (Å²) in [6.45, 7) is 0. The smallest absolute Gasteiger partial charge is 0.258 e. The molecule has 0 bridgehead atoms. The van der Waals surface area contributed by atoms with Gasteiger partial charge in [-0.15, -0.1) is 4.68 Å². The molecule has 0 radical (unpaired) electrons. The number of fused-ring (bicyclic) bond motifs is 2. The SMILES string of the molecule is Cn1nc[n+]2cc3ccc([N+](=O)[O-])cc3c(-c3ccccc3)c12. The molecule has 4 aromatic rings. The van der Waals surface area contributed by atoms with Crippen molar-refractivity contribution in [2.75, 3.05) is 0 Å². The number of pyridine rings is 1. The van der Waals surface area contributed by atoms with Crippen LogP contribution in [0.2, 0.25) is 0 Å². The van der Waals surface area contributed by atoms with Crippen molar-refractivity contribution < 1.29 is 9.32 Å². The molecule has 0 N–H and O–H groups in total. The van der Waals surface area contributed by atoms with Crippen LogP contribution in [0.3, 0.4) is 0 Å². The Hall–Kier alpha value is -3.28. The Bertz CT molecular complexity index is 1050. The lowest BCUT2D eigenvalue weighted by molar-refractivity contribution is -0.510. The van der Waals surface area contributed by atoms with Crippen molar-refractivity contribution in [3.05, 3.63) is 71.2 Å². The second kappa shape index (κ2) is 4.88. The Morgan fingerprint density at radius 3 is 2.70 bits per heavy atom. The van der Waals surface area contributed by atoms with E-state index < -0.39 is 0 Å². The highest BCUT2D eigenvalue weighted by molar-refractivity contribution is 6.01. The first-order chi connectivity index (χ1) is 11.1. The molecule has 0 aliphatic heterocycles. The molecule has 0 fully saturated rings. The molecule has 0 aliphatic rings. The van der Waals surface area contributed by atoms with Crippen molar-refractivity contribution in [3.8, 4) is 11.1 Å². The predicted octanol–water partition coefficient (Wildman–Crippen LogP) is 2.89. The first kappa shape index (κ1) is 13.4. The Balaban J connectivity index is 2.21. The molecule has 112 valence electrons. The normalized spacial score (nSPS) is 11.2. The average Bonchev–Trinajstić information content (AvgIpc) is 2.94. The summed E-state index contributed by atoms with van der Waals surface area (Å²) in [5.74, 6) is 0. The number of hydrogen-bond donors (Lipinski definition) is 0. The molecule has 0 amide bonds. The number of nitro groups is 1. The van der Waals surface area contributed by atoms with Crippen molar-refractivity contribution in [2.24, 2.45) is 7.05 Å². The van der Waals surface area contributed by atoms with Crippen molar-refractivity contribution in [2.45, 2.75) is 0 Å². The molecule has 6 nitrogen and oxygen atoms in total. The van der Waals surface area contributed by atoms with E-state index in [2.05, 4.69) is 5.10 Å². The maximum absolute atomic E-state index is 11.2. The van der Waals surface area contributed by atoms with Gasteiger partial charge in [-0.1, -0.05) is 30.3 Å². The number of aryl methyl sites for hydroxylation is 1. The van der Waals surface area contributed by atoms with E-state index in [-0.39, 0.29) is 10.6 Å². The minimum Gasteiger partial charge on any atom is -0.258 e. The van der Waals surface area contributed by atoms with Gasteiger partial charge in [0.05, 0.1) is 23.7 Å². The highest BCUT2D eigenvalue weighted by Gasteiger charge is 2.20. The van der Waals surface area contributed by atoms with Crippen molar-refractivity contribution in [1.82, 2.24) is 9.78 Å². The van der Waals surface area contributed by atoms with Crippen LogP contribution in [0.25, 0.3) is 27.5 Å². The maximum atomic E-state index is 11.2. The van der Waals surface area contributed by atoms with E-state index in [0.717, 1.165) is 27.5 Å². The molecule has 0 atom stereocenters. The fourth-order valence-electron chi connectivity index (χ4n) is 2.94. The largest absolute Gasteiger partial charge is 0.272 e. The third-order valence-corrected chi connectivity index (χ3v) is 3.98. The third kappa shape index (κ3) is 2.03. The molecule has 0 spiro atoms. The molecule has 0 unspecified atom stereocenters. The van der Waals surface area contributed by atoms with E-state index >= 15 is 0 Å². The zero-order valence-corrected chi connectivity index (χ0v) is 12.4. The van der Waals surface area contributed by atoms with Gasteiger partial charge in [-0.25, -0.2) is 4.40 Å². The highest BCUT2D eigenvalue weighted by atomic mass is 16.6. The van der Waals surface area contributed by atoms with E-state index in [1.807, 2.05) is 48.0 Å². The van der Waals surface area contributed by atoms with Crippen molar-refractivity contribution in [1.29, 1.82) is 0 Å². The van der Waals surface area contributed by atoms with E-state index in [4.69, 9.17) is 0 Å². The van der Waals surface area contributed by atoms with Gasteiger partial charge in [0.15, 0.2) is 0 Å². The van der Waals surface area contributed by atoms with Crippen LogP contribution in [0.5, 0.6) is 0 Å². The summed E-state index contributed by atoms with van der Waals surface area (Å²) in [6.07, 6.45) is 3.68. The summed E-state index contributed by atoms with van der Waals surface area (Å²) >= 11 is 0. The summed E-state index contributed by atoms with van der Waals surface area (Å²) in [6, 6.07) is 14.8. The molecular weight excluding hydrogens is 292 g/mol. The number of rotatable bonds is 2. The van der Waals surface area contributed by atoms with Gasteiger partial charge >= 0.3 is 0 Å². The van der Waals surface area contributed by atoms with Crippen LogP contribution in [0.4, 0.5) is 5.69 Å². The van der Waals surface area contributed by atoms with Crippen LogP contribution < -0.4 is 4.40 Å². The molecule has 0 aliphatic carbocycles. The van der Waals surface area contributed by atoms with Crippen molar-refractivity contribution in [3.63, 3.8) is 0 Å². The number of nitro benzene ring substituents is 1. The molecule has 4 rings (SSSR count). The van der Waals surface area contributed by atoms with E-state index in [1.54, 1.807) is 23.1 Å². The highest BCUT2D eigenvalue weighted by Crippen LogP contribution is 2.32. The topological polar surface area (TPSA) is 65.1 Å².